The van der Waals surface area contributed by atoms with Gasteiger partial charge in [-0.1, -0.05) is 51.1 Å². The molecule has 1 aromatic carbocycles. The van der Waals surface area contributed by atoms with E-state index in [2.05, 4.69) is 56.0 Å². The third-order valence-electron chi connectivity index (χ3n) is 5.08. The summed E-state index contributed by atoms with van der Waals surface area (Å²) in [4.78, 5) is 2.64. The van der Waals surface area contributed by atoms with Crippen LogP contribution in [0, 0.1) is 11.3 Å². The van der Waals surface area contributed by atoms with Gasteiger partial charge in [0.1, 0.15) is 0 Å². The first-order chi connectivity index (χ1) is 10.0. The Hall–Kier alpha value is -0.860. The molecule has 0 saturated carbocycles. The fourth-order valence-electron chi connectivity index (χ4n) is 3.56. The second-order valence-electron chi connectivity index (χ2n) is 7.64. The third kappa shape index (κ3) is 4.82. The van der Waals surface area contributed by atoms with Gasteiger partial charge in [0.05, 0.1) is 0 Å². The maximum absolute atomic E-state index is 6.03. The Morgan fingerprint density at radius 1 is 1.14 bits per heavy atom. The van der Waals surface area contributed by atoms with E-state index in [1.165, 1.54) is 37.9 Å². The predicted octanol–water partition coefficient (Wildman–Crippen LogP) is 3.88. The van der Waals surface area contributed by atoms with Gasteiger partial charge in [-0.3, -0.25) is 0 Å². The lowest BCUT2D eigenvalue weighted by atomic mass is 9.77. The number of benzene rings is 1. The first-order valence-electron chi connectivity index (χ1n) is 8.48. The van der Waals surface area contributed by atoms with E-state index in [0.717, 1.165) is 19.0 Å². The fraction of sp³-hybridized carbons (Fsp3) is 0.684. The number of rotatable bonds is 4. The Morgan fingerprint density at radius 2 is 1.86 bits per heavy atom. The van der Waals surface area contributed by atoms with Crippen molar-refractivity contribution in [2.24, 2.45) is 17.1 Å². The molecule has 1 saturated heterocycles. The van der Waals surface area contributed by atoms with Crippen LogP contribution >= 0.6 is 0 Å². The van der Waals surface area contributed by atoms with Gasteiger partial charge < -0.3 is 10.6 Å². The molecular weight excluding hydrogens is 256 g/mol. The lowest BCUT2D eigenvalue weighted by molar-refractivity contribution is 0.205. The molecule has 0 amide bonds. The molecule has 0 spiro atoms. The van der Waals surface area contributed by atoms with E-state index in [1.54, 1.807) is 0 Å². The van der Waals surface area contributed by atoms with E-state index < -0.39 is 0 Å². The quantitative estimate of drug-likeness (QED) is 0.911. The standard InChI is InChI=1S/C19H32N2/c1-19(2,3)18-10-7-12-21(13-11-18)15-17(14-20)16-8-5-4-6-9-16/h4-6,8-9,17-18H,7,10-15,20H2,1-3H3. The molecule has 1 aromatic rings. The summed E-state index contributed by atoms with van der Waals surface area (Å²) in [6.07, 6.45) is 4.03. The molecular formula is C19H32N2. The van der Waals surface area contributed by atoms with Crippen molar-refractivity contribution < 1.29 is 0 Å². The van der Waals surface area contributed by atoms with Crippen LogP contribution < -0.4 is 5.73 Å². The molecule has 2 N–H and O–H groups in total. The molecule has 2 unspecified atom stereocenters. The average molecular weight is 288 g/mol. The minimum Gasteiger partial charge on any atom is -0.330 e. The smallest absolute Gasteiger partial charge is 0.00888 e. The van der Waals surface area contributed by atoms with Gasteiger partial charge in [0, 0.05) is 19.0 Å². The van der Waals surface area contributed by atoms with Crippen LogP contribution in [0.25, 0.3) is 0 Å². The molecule has 2 nitrogen and oxygen atoms in total. The maximum atomic E-state index is 6.03. The summed E-state index contributed by atoms with van der Waals surface area (Å²) in [5, 5.41) is 0. The van der Waals surface area contributed by atoms with Crippen molar-refractivity contribution in [1.82, 2.24) is 4.90 Å². The Labute approximate surface area is 130 Å². The first-order valence-corrected chi connectivity index (χ1v) is 8.48. The average Bonchev–Trinajstić information content (AvgIpc) is 2.71. The zero-order valence-corrected chi connectivity index (χ0v) is 14.0. The van der Waals surface area contributed by atoms with E-state index in [9.17, 15) is 0 Å². The monoisotopic (exact) mass is 288 g/mol. The molecule has 1 aliphatic rings. The summed E-state index contributed by atoms with van der Waals surface area (Å²) >= 11 is 0. The third-order valence-corrected chi connectivity index (χ3v) is 5.08. The van der Waals surface area contributed by atoms with E-state index in [-0.39, 0.29) is 0 Å². The first kappa shape index (κ1) is 16.5. The Morgan fingerprint density at radius 3 is 2.48 bits per heavy atom. The van der Waals surface area contributed by atoms with E-state index >= 15 is 0 Å². The molecule has 0 bridgehead atoms. The highest BCUT2D eigenvalue weighted by atomic mass is 15.1. The zero-order chi connectivity index (χ0) is 15.3. The zero-order valence-electron chi connectivity index (χ0n) is 14.0. The van der Waals surface area contributed by atoms with Crippen LogP contribution in [0.15, 0.2) is 30.3 Å². The van der Waals surface area contributed by atoms with Crippen molar-refractivity contribution in [1.29, 1.82) is 0 Å². The molecule has 2 rings (SSSR count). The van der Waals surface area contributed by atoms with Crippen LogP contribution in [0.1, 0.15) is 51.5 Å². The van der Waals surface area contributed by atoms with Gasteiger partial charge in [-0.05, 0) is 49.2 Å². The lowest BCUT2D eigenvalue weighted by Gasteiger charge is -2.30. The lowest BCUT2D eigenvalue weighted by Crippen LogP contribution is -2.33. The van der Waals surface area contributed by atoms with Crippen LogP contribution in [-0.2, 0) is 0 Å². The van der Waals surface area contributed by atoms with Crippen molar-refractivity contribution >= 4 is 0 Å². The van der Waals surface area contributed by atoms with Crippen molar-refractivity contribution in [3.8, 4) is 0 Å². The Bertz CT molecular complexity index is 407. The molecule has 1 heterocycles. The summed E-state index contributed by atoms with van der Waals surface area (Å²) in [6.45, 7) is 11.5. The van der Waals surface area contributed by atoms with Crippen molar-refractivity contribution in [2.45, 2.75) is 46.0 Å². The summed E-state index contributed by atoms with van der Waals surface area (Å²) < 4.78 is 0. The van der Waals surface area contributed by atoms with Crippen LogP contribution in [0.3, 0.4) is 0 Å². The molecule has 0 radical (unpaired) electrons. The van der Waals surface area contributed by atoms with Gasteiger partial charge >= 0.3 is 0 Å². The van der Waals surface area contributed by atoms with E-state index in [1.807, 2.05) is 0 Å². The van der Waals surface area contributed by atoms with Gasteiger partial charge in [0.25, 0.3) is 0 Å². The van der Waals surface area contributed by atoms with Gasteiger partial charge in [-0.15, -0.1) is 0 Å². The van der Waals surface area contributed by atoms with E-state index in [0.29, 0.717) is 11.3 Å². The highest BCUT2D eigenvalue weighted by molar-refractivity contribution is 5.20. The normalized spacial score (nSPS) is 22.8. The second-order valence-corrected chi connectivity index (χ2v) is 7.64. The predicted molar refractivity (Wildman–Crippen MR) is 91.5 cm³/mol. The molecule has 1 aliphatic heterocycles. The summed E-state index contributed by atoms with van der Waals surface area (Å²) in [5.74, 6) is 1.33. The molecule has 2 heteroatoms. The van der Waals surface area contributed by atoms with Crippen LogP contribution in [0.4, 0.5) is 0 Å². The summed E-state index contributed by atoms with van der Waals surface area (Å²) in [6, 6.07) is 10.8. The summed E-state index contributed by atoms with van der Waals surface area (Å²) in [5.41, 5.74) is 7.86. The summed E-state index contributed by atoms with van der Waals surface area (Å²) in [7, 11) is 0. The minimum absolute atomic E-state index is 0.447. The fourth-order valence-corrected chi connectivity index (χ4v) is 3.56. The molecule has 2 atom stereocenters. The maximum Gasteiger partial charge on any atom is 0.00888 e. The topological polar surface area (TPSA) is 29.3 Å². The van der Waals surface area contributed by atoms with Crippen molar-refractivity contribution in [3.05, 3.63) is 35.9 Å². The van der Waals surface area contributed by atoms with Gasteiger partial charge in [-0.25, -0.2) is 0 Å². The van der Waals surface area contributed by atoms with Crippen LogP contribution in [0.2, 0.25) is 0 Å². The minimum atomic E-state index is 0.447. The molecule has 21 heavy (non-hydrogen) atoms. The molecule has 1 fully saturated rings. The number of likely N-dealkylation sites (tertiary alicyclic amines) is 1. The Kier molecular flexibility index (Phi) is 5.83. The van der Waals surface area contributed by atoms with Gasteiger partial charge in [0.15, 0.2) is 0 Å². The highest BCUT2D eigenvalue weighted by Crippen LogP contribution is 2.34. The van der Waals surface area contributed by atoms with Gasteiger partial charge in [0.2, 0.25) is 0 Å². The largest absolute Gasteiger partial charge is 0.330 e. The molecule has 118 valence electrons. The number of nitrogens with zero attached hydrogens (tertiary/aromatic N) is 1. The van der Waals surface area contributed by atoms with E-state index in [4.69, 9.17) is 5.73 Å². The molecule has 0 aromatic heterocycles. The SMILES string of the molecule is CC(C)(C)C1CCCN(CC(CN)c2ccccc2)CC1. The number of hydrogen-bond acceptors (Lipinski definition) is 2. The number of nitrogens with two attached hydrogens (primary N) is 1. The number of hydrogen-bond donors (Lipinski definition) is 1. The van der Waals surface area contributed by atoms with Crippen LogP contribution in [0.5, 0.6) is 0 Å². The highest BCUT2D eigenvalue weighted by Gasteiger charge is 2.27. The van der Waals surface area contributed by atoms with Crippen molar-refractivity contribution in [3.63, 3.8) is 0 Å². The second kappa shape index (κ2) is 7.42. The van der Waals surface area contributed by atoms with Crippen LogP contribution in [-0.4, -0.2) is 31.1 Å². The van der Waals surface area contributed by atoms with Gasteiger partial charge in [-0.2, -0.15) is 0 Å². The van der Waals surface area contributed by atoms with Crippen molar-refractivity contribution in [2.75, 3.05) is 26.2 Å². The molecule has 0 aliphatic carbocycles. The Balaban J connectivity index is 1.93.